The van der Waals surface area contributed by atoms with Crippen LogP contribution in [-0.4, -0.2) is 27.4 Å². The summed E-state index contributed by atoms with van der Waals surface area (Å²) in [7, 11) is -3.58. The highest BCUT2D eigenvalue weighted by Crippen LogP contribution is 2.28. The monoisotopic (exact) mass is 399 g/mol. The molecule has 0 saturated heterocycles. The first kappa shape index (κ1) is 20.3. The van der Waals surface area contributed by atoms with Gasteiger partial charge in [-0.25, -0.2) is 13.1 Å². The van der Waals surface area contributed by atoms with Crippen molar-refractivity contribution < 1.29 is 13.2 Å². The highest BCUT2D eigenvalue weighted by Gasteiger charge is 2.18. The molecule has 0 fully saturated rings. The average molecular weight is 401 g/mol. The molecule has 0 aliphatic carbocycles. The zero-order chi connectivity index (χ0) is 15.3. The Balaban J connectivity index is 0.00000400. The lowest BCUT2D eigenvalue weighted by Crippen LogP contribution is -2.27. The quantitative estimate of drug-likeness (QED) is 0.633. The lowest BCUT2D eigenvalue weighted by molar-refractivity contribution is -0.114. The maximum atomic E-state index is 12.2. The van der Waals surface area contributed by atoms with Crippen LogP contribution in [0.3, 0.4) is 0 Å². The van der Waals surface area contributed by atoms with E-state index in [2.05, 4.69) is 26.0 Å². The molecule has 1 aromatic carbocycles. The molecule has 6 nitrogen and oxygen atoms in total. The molecule has 4 N–H and O–H groups in total. The first-order valence-electron chi connectivity index (χ1n) is 6.05. The minimum Gasteiger partial charge on any atom is -0.330 e. The van der Waals surface area contributed by atoms with E-state index < -0.39 is 10.0 Å². The van der Waals surface area contributed by atoms with Crippen LogP contribution in [0.5, 0.6) is 0 Å². The molecular weight excluding hydrogens is 382 g/mol. The third-order valence-electron chi connectivity index (χ3n) is 2.54. The Hall–Kier alpha value is -0.670. The van der Waals surface area contributed by atoms with Crippen LogP contribution in [-0.2, 0) is 14.8 Å². The van der Waals surface area contributed by atoms with Crippen molar-refractivity contribution in [1.82, 2.24) is 4.72 Å². The number of hydrogen-bond acceptors (Lipinski definition) is 4. The van der Waals surface area contributed by atoms with Crippen LogP contribution in [0.1, 0.15) is 18.9 Å². The lowest BCUT2D eigenvalue weighted by Gasteiger charge is -2.12. The SMILES string of the molecule is CC(=O)Nc1cc(C)c(S(=O)(=O)NCCCN)cc1Br.Cl. The fourth-order valence-corrected chi connectivity index (χ4v) is 3.54. The van der Waals surface area contributed by atoms with Crippen molar-refractivity contribution >= 4 is 50.0 Å². The fourth-order valence-electron chi connectivity index (χ4n) is 1.62. The van der Waals surface area contributed by atoms with E-state index in [9.17, 15) is 13.2 Å². The zero-order valence-electron chi connectivity index (χ0n) is 11.8. The highest BCUT2D eigenvalue weighted by molar-refractivity contribution is 9.10. The van der Waals surface area contributed by atoms with Gasteiger partial charge in [0.2, 0.25) is 15.9 Å². The van der Waals surface area contributed by atoms with Gasteiger partial charge in [0.05, 0.1) is 10.6 Å². The van der Waals surface area contributed by atoms with Gasteiger partial charge in [-0.3, -0.25) is 4.79 Å². The summed E-state index contributed by atoms with van der Waals surface area (Å²) in [5.41, 5.74) is 6.43. The van der Waals surface area contributed by atoms with Gasteiger partial charge in [-0.05, 0) is 53.5 Å². The third kappa shape index (κ3) is 5.91. The van der Waals surface area contributed by atoms with Crippen molar-refractivity contribution in [2.45, 2.75) is 25.2 Å². The number of benzene rings is 1. The van der Waals surface area contributed by atoms with E-state index in [1.807, 2.05) is 0 Å². The fraction of sp³-hybridized carbons (Fsp3) is 0.417. The Labute approximate surface area is 139 Å². The molecule has 0 saturated carbocycles. The van der Waals surface area contributed by atoms with Gasteiger partial charge in [0.1, 0.15) is 0 Å². The van der Waals surface area contributed by atoms with E-state index >= 15 is 0 Å². The Bertz CT molecular complexity index is 608. The molecule has 0 aliphatic heterocycles. The van der Waals surface area contributed by atoms with Gasteiger partial charge in [0, 0.05) is 17.9 Å². The number of hydrogen-bond donors (Lipinski definition) is 3. The van der Waals surface area contributed by atoms with Crippen molar-refractivity contribution in [3.63, 3.8) is 0 Å². The second-order valence-electron chi connectivity index (χ2n) is 4.32. The molecule has 1 aromatic rings. The molecule has 0 aromatic heterocycles. The summed E-state index contributed by atoms with van der Waals surface area (Å²) in [5, 5.41) is 2.63. The Morgan fingerprint density at radius 2 is 2.00 bits per heavy atom. The molecule has 0 bridgehead atoms. The zero-order valence-corrected chi connectivity index (χ0v) is 15.0. The van der Waals surface area contributed by atoms with Crippen molar-refractivity contribution in [1.29, 1.82) is 0 Å². The number of nitrogens with one attached hydrogen (secondary N) is 2. The number of carbonyl (C=O) groups is 1. The number of anilines is 1. The lowest BCUT2D eigenvalue weighted by atomic mass is 10.2. The van der Waals surface area contributed by atoms with Gasteiger partial charge in [-0.1, -0.05) is 0 Å². The molecule has 0 heterocycles. The van der Waals surface area contributed by atoms with Crippen LogP contribution in [0.2, 0.25) is 0 Å². The van der Waals surface area contributed by atoms with Gasteiger partial charge in [0.25, 0.3) is 0 Å². The van der Waals surface area contributed by atoms with E-state index in [0.717, 1.165) is 0 Å². The first-order valence-corrected chi connectivity index (χ1v) is 8.33. The van der Waals surface area contributed by atoms with Crippen LogP contribution < -0.4 is 15.8 Å². The predicted molar refractivity (Wildman–Crippen MR) is 89.3 cm³/mol. The van der Waals surface area contributed by atoms with Crippen LogP contribution in [0.25, 0.3) is 0 Å². The molecule has 0 atom stereocenters. The summed E-state index contributed by atoms with van der Waals surface area (Å²) in [5.74, 6) is -0.221. The molecule has 1 rings (SSSR count). The minimum absolute atomic E-state index is 0. The largest absolute Gasteiger partial charge is 0.330 e. The molecule has 0 aliphatic rings. The topological polar surface area (TPSA) is 101 Å². The number of carbonyl (C=O) groups excluding carboxylic acids is 1. The van der Waals surface area contributed by atoms with Crippen molar-refractivity contribution in [2.24, 2.45) is 5.73 Å². The summed E-state index contributed by atoms with van der Waals surface area (Å²) in [6.45, 7) is 3.78. The van der Waals surface area contributed by atoms with Gasteiger partial charge >= 0.3 is 0 Å². The third-order valence-corrected chi connectivity index (χ3v) is 4.80. The summed E-state index contributed by atoms with van der Waals surface area (Å²) in [6.07, 6.45) is 0.573. The summed E-state index contributed by atoms with van der Waals surface area (Å²) in [6, 6.07) is 3.09. The average Bonchev–Trinajstić information content (AvgIpc) is 2.32. The Morgan fingerprint density at radius 1 is 1.38 bits per heavy atom. The first-order chi connectivity index (χ1) is 9.27. The second kappa shape index (κ2) is 8.70. The second-order valence-corrected chi connectivity index (χ2v) is 6.91. The number of sulfonamides is 1. The van der Waals surface area contributed by atoms with Crippen LogP contribution in [0.4, 0.5) is 5.69 Å². The molecule has 0 radical (unpaired) electrons. The smallest absolute Gasteiger partial charge is 0.240 e. The maximum absolute atomic E-state index is 12.2. The summed E-state index contributed by atoms with van der Waals surface area (Å²) in [4.78, 5) is 11.2. The van der Waals surface area contributed by atoms with E-state index in [1.165, 1.54) is 13.0 Å². The molecule has 0 unspecified atom stereocenters. The number of amides is 1. The Kier molecular flexibility index (Phi) is 8.42. The summed E-state index contributed by atoms with van der Waals surface area (Å²) < 4.78 is 27.3. The van der Waals surface area contributed by atoms with Crippen LogP contribution >= 0.6 is 28.3 Å². The molecular formula is C12H19BrClN3O3S. The number of nitrogens with two attached hydrogens (primary N) is 1. The molecule has 9 heteroatoms. The van der Waals surface area contributed by atoms with Crippen molar-refractivity contribution in [3.8, 4) is 0 Å². The van der Waals surface area contributed by atoms with E-state index in [0.29, 0.717) is 35.2 Å². The molecule has 21 heavy (non-hydrogen) atoms. The van der Waals surface area contributed by atoms with Gasteiger partial charge in [-0.2, -0.15) is 0 Å². The molecule has 0 spiro atoms. The van der Waals surface area contributed by atoms with Crippen LogP contribution in [0.15, 0.2) is 21.5 Å². The molecule has 120 valence electrons. The standard InChI is InChI=1S/C12H18BrN3O3S.ClH/c1-8-6-11(16-9(2)17)10(13)7-12(8)20(18,19)15-5-3-4-14;/h6-7,15H,3-5,14H2,1-2H3,(H,16,17);1H. The number of aryl methyl sites for hydroxylation is 1. The van der Waals surface area contributed by atoms with Crippen molar-refractivity contribution in [3.05, 3.63) is 22.2 Å². The van der Waals surface area contributed by atoms with Gasteiger partial charge in [-0.15, -0.1) is 12.4 Å². The normalized spacial score (nSPS) is 10.9. The number of rotatable bonds is 6. The van der Waals surface area contributed by atoms with E-state index in [1.54, 1.807) is 13.0 Å². The van der Waals surface area contributed by atoms with Crippen LogP contribution in [0, 0.1) is 6.92 Å². The summed E-state index contributed by atoms with van der Waals surface area (Å²) >= 11 is 3.26. The predicted octanol–water partition coefficient (Wildman–Crippen LogP) is 1.76. The van der Waals surface area contributed by atoms with Gasteiger partial charge in [0.15, 0.2) is 0 Å². The molecule has 1 amide bonds. The minimum atomic E-state index is -3.58. The maximum Gasteiger partial charge on any atom is 0.240 e. The van der Waals surface area contributed by atoms with Gasteiger partial charge < -0.3 is 11.1 Å². The Morgan fingerprint density at radius 3 is 2.52 bits per heavy atom. The number of halogens is 2. The highest BCUT2D eigenvalue weighted by atomic mass is 79.9. The van der Waals surface area contributed by atoms with E-state index in [4.69, 9.17) is 5.73 Å². The van der Waals surface area contributed by atoms with E-state index in [-0.39, 0.29) is 23.2 Å². The van der Waals surface area contributed by atoms with Crippen molar-refractivity contribution in [2.75, 3.05) is 18.4 Å².